The summed E-state index contributed by atoms with van der Waals surface area (Å²) in [6.07, 6.45) is 1.84. The van der Waals surface area contributed by atoms with E-state index in [4.69, 9.17) is 0 Å². The van der Waals surface area contributed by atoms with Crippen LogP contribution in [0.2, 0.25) is 0 Å². The molecule has 0 aliphatic heterocycles. The van der Waals surface area contributed by atoms with Crippen molar-refractivity contribution in [2.45, 2.75) is 13.0 Å². The number of fused-ring (bicyclic) bond motifs is 1. The fourth-order valence-corrected chi connectivity index (χ4v) is 1.70. The summed E-state index contributed by atoms with van der Waals surface area (Å²) in [6, 6.07) is 9.76. The molecule has 1 aromatic heterocycles. The number of hydrogen-bond donors (Lipinski definition) is 0. The maximum atomic E-state index is 12.2. The molecule has 0 aliphatic carbocycles. The molecule has 0 saturated heterocycles. The summed E-state index contributed by atoms with van der Waals surface area (Å²) in [6.45, 7) is 1.91. The van der Waals surface area contributed by atoms with Gasteiger partial charge in [-0.3, -0.25) is 14.3 Å². The predicted octanol–water partition coefficient (Wildman–Crippen LogP) is 2.23. The van der Waals surface area contributed by atoms with Crippen LogP contribution in [0, 0.1) is 0 Å². The van der Waals surface area contributed by atoms with Gasteiger partial charge in [0.25, 0.3) is 0 Å². The number of hydrogen-bond acceptors (Lipinski definition) is 2. The van der Waals surface area contributed by atoms with Crippen molar-refractivity contribution in [2.24, 2.45) is 0 Å². The zero-order valence-electron chi connectivity index (χ0n) is 9.84. The fourth-order valence-electron chi connectivity index (χ4n) is 1.70. The maximum Gasteiger partial charge on any atom is 0.248 e. The molecule has 0 saturated carbocycles. The molecule has 0 aliphatic rings. The molecule has 16 heavy (non-hydrogen) atoms. The Morgan fingerprint density at radius 2 is 1.94 bits per heavy atom. The van der Waals surface area contributed by atoms with Crippen molar-refractivity contribution in [3.8, 4) is 0 Å². The van der Waals surface area contributed by atoms with Crippen molar-refractivity contribution in [3.63, 3.8) is 0 Å². The van der Waals surface area contributed by atoms with Gasteiger partial charge in [-0.25, -0.2) is 0 Å². The summed E-state index contributed by atoms with van der Waals surface area (Å²) in [5.41, 5.74) is 0.973. The Bertz CT molecular complexity index is 513. The quantitative estimate of drug-likeness (QED) is 0.769. The second-order valence-corrected chi connectivity index (χ2v) is 4.22. The van der Waals surface area contributed by atoms with Crippen LogP contribution in [0.1, 0.15) is 11.7 Å². The Hall–Kier alpha value is -1.61. The predicted molar refractivity (Wildman–Crippen MR) is 65.7 cm³/mol. The Balaban J connectivity index is 2.44. The van der Waals surface area contributed by atoms with Crippen LogP contribution in [0.15, 0.2) is 36.5 Å². The first-order chi connectivity index (χ1) is 7.61. The van der Waals surface area contributed by atoms with Gasteiger partial charge in [-0.15, -0.1) is 0 Å². The van der Waals surface area contributed by atoms with E-state index < -0.39 is 0 Å². The highest BCUT2D eigenvalue weighted by Crippen LogP contribution is 2.15. The van der Waals surface area contributed by atoms with Crippen LogP contribution >= 0.6 is 0 Å². The van der Waals surface area contributed by atoms with E-state index in [2.05, 4.69) is 0 Å². The van der Waals surface area contributed by atoms with E-state index in [1.165, 1.54) is 0 Å². The summed E-state index contributed by atoms with van der Waals surface area (Å²) < 4.78 is 1.72. The lowest BCUT2D eigenvalue weighted by molar-refractivity contribution is 0.0809. The first kappa shape index (κ1) is 10.9. The van der Waals surface area contributed by atoms with Gasteiger partial charge < -0.3 is 0 Å². The SMILES string of the molecule is C[C@H](C(=O)n1ccc2ccccc21)N(C)C. The van der Waals surface area contributed by atoms with Crippen molar-refractivity contribution >= 4 is 16.8 Å². The average Bonchev–Trinajstić information content (AvgIpc) is 2.70. The highest BCUT2D eigenvalue weighted by atomic mass is 16.2. The molecule has 0 spiro atoms. The Morgan fingerprint density at radius 3 is 2.62 bits per heavy atom. The van der Waals surface area contributed by atoms with Gasteiger partial charge in [0.05, 0.1) is 11.6 Å². The monoisotopic (exact) mass is 216 g/mol. The van der Waals surface area contributed by atoms with Gasteiger partial charge in [0.2, 0.25) is 5.91 Å². The van der Waals surface area contributed by atoms with Crippen molar-refractivity contribution in [1.29, 1.82) is 0 Å². The van der Waals surface area contributed by atoms with Gasteiger partial charge in [0.15, 0.2) is 0 Å². The van der Waals surface area contributed by atoms with Crippen LogP contribution in [0.4, 0.5) is 0 Å². The molecule has 84 valence electrons. The van der Waals surface area contributed by atoms with E-state index in [0.29, 0.717) is 0 Å². The van der Waals surface area contributed by atoms with Gasteiger partial charge in [-0.1, -0.05) is 18.2 Å². The van der Waals surface area contributed by atoms with Gasteiger partial charge >= 0.3 is 0 Å². The molecule has 0 amide bonds. The third-order valence-electron chi connectivity index (χ3n) is 2.97. The highest BCUT2D eigenvalue weighted by molar-refractivity contribution is 5.94. The van der Waals surface area contributed by atoms with E-state index in [1.807, 2.05) is 62.4 Å². The molecule has 3 heteroatoms. The van der Waals surface area contributed by atoms with Crippen LogP contribution in [-0.4, -0.2) is 35.5 Å². The van der Waals surface area contributed by atoms with Crippen LogP contribution in [0.3, 0.4) is 0 Å². The van der Waals surface area contributed by atoms with E-state index in [-0.39, 0.29) is 11.9 Å². The first-order valence-electron chi connectivity index (χ1n) is 5.38. The van der Waals surface area contributed by atoms with Crippen LogP contribution in [-0.2, 0) is 0 Å². The smallest absolute Gasteiger partial charge is 0.248 e. The lowest BCUT2D eigenvalue weighted by atomic mass is 10.2. The third kappa shape index (κ3) is 1.74. The number of aromatic nitrogens is 1. The summed E-state index contributed by atoms with van der Waals surface area (Å²) >= 11 is 0. The molecular formula is C13H16N2O. The molecule has 0 unspecified atom stereocenters. The first-order valence-corrected chi connectivity index (χ1v) is 5.38. The second-order valence-electron chi connectivity index (χ2n) is 4.22. The van der Waals surface area contributed by atoms with E-state index >= 15 is 0 Å². The largest absolute Gasteiger partial charge is 0.298 e. The summed E-state index contributed by atoms with van der Waals surface area (Å²) in [5, 5.41) is 1.10. The Morgan fingerprint density at radius 1 is 1.25 bits per heavy atom. The number of likely N-dealkylation sites (N-methyl/N-ethyl adjacent to an activating group) is 1. The number of carbonyl (C=O) groups excluding carboxylic acids is 1. The van der Waals surface area contributed by atoms with Crippen LogP contribution in [0.5, 0.6) is 0 Å². The van der Waals surface area contributed by atoms with Gasteiger partial charge in [-0.05, 0) is 33.2 Å². The number of rotatable bonds is 2. The summed E-state index contributed by atoms with van der Waals surface area (Å²) in [7, 11) is 3.82. The molecule has 0 bridgehead atoms. The lowest BCUT2D eigenvalue weighted by Gasteiger charge is -2.18. The van der Waals surface area contributed by atoms with Crippen LogP contribution < -0.4 is 0 Å². The zero-order chi connectivity index (χ0) is 11.7. The molecular weight excluding hydrogens is 200 g/mol. The highest BCUT2D eigenvalue weighted by Gasteiger charge is 2.17. The topological polar surface area (TPSA) is 25.2 Å². The molecule has 1 heterocycles. The standard InChI is InChI=1S/C13H16N2O/c1-10(14(2)3)13(16)15-9-8-11-6-4-5-7-12(11)15/h4-10H,1-3H3/t10-/m1/s1. The molecule has 1 aromatic carbocycles. The number of carbonyl (C=O) groups is 1. The minimum atomic E-state index is -0.115. The zero-order valence-corrected chi connectivity index (χ0v) is 9.84. The molecule has 0 N–H and O–H groups in total. The minimum Gasteiger partial charge on any atom is -0.298 e. The molecule has 1 atom stereocenters. The average molecular weight is 216 g/mol. The summed E-state index contributed by atoms with van der Waals surface area (Å²) in [5.74, 6) is 0.103. The molecule has 0 fully saturated rings. The number of benzene rings is 1. The third-order valence-corrected chi connectivity index (χ3v) is 2.97. The van der Waals surface area contributed by atoms with E-state index in [1.54, 1.807) is 4.57 Å². The summed E-state index contributed by atoms with van der Waals surface area (Å²) in [4.78, 5) is 14.1. The lowest BCUT2D eigenvalue weighted by Crippen LogP contribution is -2.36. The van der Waals surface area contributed by atoms with Crippen molar-refractivity contribution in [1.82, 2.24) is 9.47 Å². The van der Waals surface area contributed by atoms with E-state index in [0.717, 1.165) is 10.9 Å². The van der Waals surface area contributed by atoms with E-state index in [9.17, 15) is 4.79 Å². The van der Waals surface area contributed by atoms with Crippen molar-refractivity contribution in [2.75, 3.05) is 14.1 Å². The van der Waals surface area contributed by atoms with Crippen molar-refractivity contribution in [3.05, 3.63) is 36.5 Å². The van der Waals surface area contributed by atoms with Crippen LogP contribution in [0.25, 0.3) is 10.9 Å². The normalized spacial score (nSPS) is 13.2. The molecule has 2 aromatic rings. The molecule has 0 radical (unpaired) electrons. The number of nitrogens with zero attached hydrogens (tertiary/aromatic N) is 2. The number of para-hydroxylation sites is 1. The van der Waals surface area contributed by atoms with Gasteiger partial charge in [0, 0.05) is 11.6 Å². The second kappa shape index (κ2) is 4.10. The Labute approximate surface area is 95.3 Å². The minimum absolute atomic E-state index is 0.103. The van der Waals surface area contributed by atoms with Gasteiger partial charge in [-0.2, -0.15) is 0 Å². The fraction of sp³-hybridized carbons (Fsp3) is 0.308. The van der Waals surface area contributed by atoms with Crippen molar-refractivity contribution < 1.29 is 4.79 Å². The van der Waals surface area contributed by atoms with Gasteiger partial charge in [0.1, 0.15) is 0 Å². The Kier molecular flexibility index (Phi) is 2.79. The molecule has 2 rings (SSSR count). The maximum absolute atomic E-state index is 12.2. The molecule has 3 nitrogen and oxygen atoms in total.